The molecule has 0 saturated carbocycles. The van der Waals surface area contributed by atoms with E-state index in [2.05, 4.69) is 0 Å². The first-order valence-electron chi connectivity index (χ1n) is 7.48. The molecule has 2 aromatic rings. The smallest absolute Gasteiger partial charge is 0.426 e. The first-order valence-corrected chi connectivity index (χ1v) is 7.86. The number of carboxylic acid groups (broad SMARTS) is 1. The molecule has 1 N–H and O–H groups in total. The van der Waals surface area contributed by atoms with Gasteiger partial charge < -0.3 is 14.6 Å². The number of halogens is 6. The molecule has 0 aliphatic carbocycles. The van der Waals surface area contributed by atoms with Gasteiger partial charge in [0, 0.05) is 6.07 Å². The average Bonchev–Trinajstić information content (AvgIpc) is 2.57. The summed E-state index contributed by atoms with van der Waals surface area (Å²) in [6, 6.07) is 5.30. The zero-order chi connectivity index (χ0) is 19.9. The molecule has 0 spiro atoms. The maximum absolute atomic E-state index is 13.7. The topological polar surface area (TPSA) is 55.8 Å². The summed E-state index contributed by atoms with van der Waals surface area (Å²) in [6.45, 7) is 0. The van der Waals surface area contributed by atoms with Crippen LogP contribution in [0.2, 0.25) is 5.02 Å². The molecule has 0 aromatic heterocycles. The van der Waals surface area contributed by atoms with E-state index in [1.54, 1.807) is 0 Å². The van der Waals surface area contributed by atoms with Crippen molar-refractivity contribution >= 4 is 17.6 Å². The van der Waals surface area contributed by atoms with E-state index in [4.69, 9.17) is 26.2 Å². The summed E-state index contributed by atoms with van der Waals surface area (Å²) in [7, 11) is 0. The van der Waals surface area contributed by atoms with Crippen molar-refractivity contribution < 1.29 is 41.3 Å². The Morgan fingerprint density at radius 3 is 2.56 bits per heavy atom. The lowest BCUT2D eigenvalue weighted by Gasteiger charge is -2.32. The number of hydrogen-bond donors (Lipinski definition) is 1. The van der Waals surface area contributed by atoms with Gasteiger partial charge in [0.25, 0.3) is 0 Å². The maximum Gasteiger partial charge on any atom is 0.426 e. The van der Waals surface area contributed by atoms with Gasteiger partial charge in [-0.15, -0.1) is 0 Å². The minimum absolute atomic E-state index is 0.125. The number of carbonyl (C=O) groups is 1. The van der Waals surface area contributed by atoms with Crippen LogP contribution in [0.25, 0.3) is 0 Å². The van der Waals surface area contributed by atoms with E-state index in [1.165, 1.54) is 12.1 Å². The van der Waals surface area contributed by atoms with Crippen LogP contribution in [0.15, 0.2) is 30.3 Å². The number of aliphatic carboxylic acids is 1. The third-order valence-electron chi connectivity index (χ3n) is 3.95. The summed E-state index contributed by atoms with van der Waals surface area (Å²) >= 11 is 5.99. The molecule has 2 atom stereocenters. The van der Waals surface area contributed by atoms with Crippen LogP contribution >= 0.6 is 11.6 Å². The second-order valence-electron chi connectivity index (χ2n) is 5.77. The number of fused-ring (bicyclic) bond motifs is 1. The van der Waals surface area contributed by atoms with E-state index in [9.17, 15) is 26.7 Å². The fraction of sp³-hybridized carbons (Fsp3) is 0.235. The predicted molar refractivity (Wildman–Crippen MR) is 83.2 cm³/mol. The van der Waals surface area contributed by atoms with Crippen molar-refractivity contribution in [3.63, 3.8) is 0 Å². The Bertz CT molecular complexity index is 900. The average molecular weight is 409 g/mol. The molecule has 144 valence electrons. The maximum atomic E-state index is 13.7. The van der Waals surface area contributed by atoms with Crippen LogP contribution in [0.1, 0.15) is 5.56 Å². The first kappa shape index (κ1) is 19.2. The van der Waals surface area contributed by atoms with E-state index in [0.29, 0.717) is 0 Å². The van der Waals surface area contributed by atoms with Gasteiger partial charge >= 0.3 is 12.1 Å². The molecule has 10 heteroatoms. The number of hydrogen-bond acceptors (Lipinski definition) is 3. The van der Waals surface area contributed by atoms with Gasteiger partial charge in [-0.2, -0.15) is 17.6 Å². The third kappa shape index (κ3) is 3.78. The summed E-state index contributed by atoms with van der Waals surface area (Å²) < 4.78 is 76.4. The highest BCUT2D eigenvalue weighted by Gasteiger charge is 2.52. The molecule has 1 aliphatic heterocycles. The Morgan fingerprint density at radius 1 is 1.22 bits per heavy atom. The van der Waals surface area contributed by atoms with E-state index in [0.717, 1.165) is 18.2 Å². The van der Waals surface area contributed by atoms with E-state index >= 15 is 0 Å². The van der Waals surface area contributed by atoms with Crippen molar-refractivity contribution in [2.45, 2.75) is 18.7 Å². The Balaban J connectivity index is 1.98. The molecule has 0 fully saturated rings. The second-order valence-corrected chi connectivity index (χ2v) is 6.18. The lowest BCUT2D eigenvalue weighted by atomic mass is 9.90. The molecule has 2 aromatic carbocycles. The van der Waals surface area contributed by atoms with E-state index in [1.807, 2.05) is 0 Å². The van der Waals surface area contributed by atoms with Crippen molar-refractivity contribution in [2.24, 2.45) is 5.92 Å². The summed E-state index contributed by atoms with van der Waals surface area (Å²) in [5.74, 6) is -7.09. The van der Waals surface area contributed by atoms with Gasteiger partial charge in [0.1, 0.15) is 17.4 Å². The third-order valence-corrected chi connectivity index (χ3v) is 4.25. The lowest BCUT2D eigenvalue weighted by Crippen LogP contribution is -2.47. The Labute approximate surface area is 154 Å². The van der Waals surface area contributed by atoms with Gasteiger partial charge in [-0.1, -0.05) is 17.7 Å². The van der Waals surface area contributed by atoms with Crippen molar-refractivity contribution in [3.8, 4) is 17.2 Å². The Kier molecular flexibility index (Phi) is 4.90. The van der Waals surface area contributed by atoms with Crippen molar-refractivity contribution in [1.82, 2.24) is 0 Å². The minimum atomic E-state index is -4.92. The number of carboxylic acids is 1. The van der Waals surface area contributed by atoms with Crippen molar-refractivity contribution in [1.29, 1.82) is 0 Å². The lowest BCUT2D eigenvalue weighted by molar-refractivity contribution is -0.217. The first-order chi connectivity index (χ1) is 12.6. The van der Waals surface area contributed by atoms with Crippen LogP contribution in [0, 0.1) is 17.6 Å². The summed E-state index contributed by atoms with van der Waals surface area (Å²) in [4.78, 5) is 11.2. The molecular formula is C17H10ClF5O4. The van der Waals surface area contributed by atoms with Gasteiger partial charge in [0.15, 0.2) is 11.6 Å². The van der Waals surface area contributed by atoms with Crippen LogP contribution in [0.4, 0.5) is 22.0 Å². The summed E-state index contributed by atoms with van der Waals surface area (Å²) in [5.41, 5.74) is 0.125. The molecule has 0 bridgehead atoms. The van der Waals surface area contributed by atoms with Gasteiger partial charge in [-0.3, -0.25) is 4.79 Å². The van der Waals surface area contributed by atoms with Crippen LogP contribution in [0.3, 0.4) is 0 Å². The van der Waals surface area contributed by atoms with Gasteiger partial charge in [-0.05, 0) is 30.2 Å². The van der Waals surface area contributed by atoms with Crippen molar-refractivity contribution in [2.75, 3.05) is 0 Å². The number of ether oxygens (including phenoxy) is 2. The predicted octanol–water partition coefficient (Wildman–Crippen LogP) is 4.98. The normalized spacial score (nSPS) is 19.2. The quantitative estimate of drug-likeness (QED) is 0.728. The van der Waals surface area contributed by atoms with Crippen LogP contribution in [-0.2, 0) is 11.2 Å². The molecule has 3 rings (SSSR count). The largest absolute Gasteiger partial charge is 0.481 e. The standard InChI is InChI=1S/C17H10ClF5O4/c18-9-5-7-4-8(16(24)25)15(17(21,22)23)27-12(7)6-13(9)26-11-3-1-2-10(19)14(11)20/h1-3,5-6,8,15H,4H2,(H,24,25). The minimum Gasteiger partial charge on any atom is -0.481 e. The van der Waals surface area contributed by atoms with Gasteiger partial charge in [0.2, 0.25) is 11.9 Å². The molecule has 0 saturated heterocycles. The fourth-order valence-corrected chi connectivity index (χ4v) is 2.90. The molecule has 1 heterocycles. The molecule has 4 nitrogen and oxygen atoms in total. The van der Waals surface area contributed by atoms with Crippen LogP contribution < -0.4 is 9.47 Å². The highest BCUT2D eigenvalue weighted by Crippen LogP contribution is 2.43. The van der Waals surface area contributed by atoms with Crippen LogP contribution in [-0.4, -0.2) is 23.4 Å². The molecule has 0 amide bonds. The second kappa shape index (κ2) is 6.88. The van der Waals surface area contributed by atoms with Gasteiger partial charge in [0.05, 0.1) is 5.02 Å². The summed E-state index contributed by atoms with van der Waals surface area (Å²) in [6.07, 6.45) is -7.96. The number of alkyl halides is 3. The van der Waals surface area contributed by atoms with E-state index in [-0.39, 0.29) is 22.1 Å². The fourth-order valence-electron chi connectivity index (χ4n) is 2.68. The highest BCUT2D eigenvalue weighted by atomic mass is 35.5. The number of rotatable bonds is 3. The highest BCUT2D eigenvalue weighted by molar-refractivity contribution is 6.32. The zero-order valence-corrected chi connectivity index (χ0v) is 13.9. The Morgan fingerprint density at radius 2 is 1.93 bits per heavy atom. The molecule has 2 unspecified atom stereocenters. The Hall–Kier alpha value is -2.55. The van der Waals surface area contributed by atoms with Gasteiger partial charge in [-0.25, -0.2) is 4.39 Å². The van der Waals surface area contributed by atoms with Crippen molar-refractivity contribution in [3.05, 3.63) is 52.6 Å². The zero-order valence-electron chi connectivity index (χ0n) is 13.2. The van der Waals surface area contributed by atoms with Crippen LogP contribution in [0.5, 0.6) is 17.2 Å². The molecule has 1 aliphatic rings. The monoisotopic (exact) mass is 408 g/mol. The number of benzene rings is 2. The SMILES string of the molecule is O=C(O)C1Cc2cc(Cl)c(Oc3cccc(F)c3F)cc2OC1C(F)(F)F. The molecule has 0 radical (unpaired) electrons. The summed E-state index contributed by atoms with van der Waals surface area (Å²) in [5, 5.41) is 8.93. The molecule has 27 heavy (non-hydrogen) atoms. The van der Waals surface area contributed by atoms with E-state index < -0.39 is 48.0 Å². The molecular weight excluding hydrogens is 399 g/mol.